The van der Waals surface area contributed by atoms with Gasteiger partial charge in [0.15, 0.2) is 4.77 Å². The van der Waals surface area contributed by atoms with Crippen LogP contribution in [0.25, 0.3) is 0 Å². The lowest BCUT2D eigenvalue weighted by atomic mass is 10.8. The van der Waals surface area contributed by atoms with Crippen LogP contribution < -0.4 is 0 Å². The molecule has 8 heavy (non-hydrogen) atoms. The molecule has 4 N–H and O–H groups in total. The largest absolute Gasteiger partial charge is 0.491 e. The van der Waals surface area contributed by atoms with E-state index in [1.54, 1.807) is 0 Å². The number of H-pyrrole nitrogens is 2. The summed E-state index contributed by atoms with van der Waals surface area (Å²) in [6, 6.07) is 0. The minimum atomic E-state index is -0.324. The van der Waals surface area contributed by atoms with Crippen molar-refractivity contribution in [3.63, 3.8) is 0 Å². The summed E-state index contributed by atoms with van der Waals surface area (Å²) in [5, 5.41) is 17.1. The Morgan fingerprint density at radius 2 is 1.50 bits per heavy atom. The maximum absolute atomic E-state index is 8.54. The zero-order chi connectivity index (χ0) is 6.15. The third-order valence-corrected chi connectivity index (χ3v) is 0.892. The van der Waals surface area contributed by atoms with Crippen LogP contribution in [0.5, 0.6) is 11.8 Å². The second-order valence-electron chi connectivity index (χ2n) is 1.28. The van der Waals surface area contributed by atoms with Crippen LogP contribution in [0, 0.1) is 4.77 Å². The molecule has 5 heteroatoms. The van der Waals surface area contributed by atoms with E-state index in [1.165, 1.54) is 0 Å². The van der Waals surface area contributed by atoms with Gasteiger partial charge >= 0.3 is 0 Å². The molecule has 0 amide bonds. The Hall–Kier alpha value is -0.970. The molecular formula is C3H4N2O2S. The Morgan fingerprint density at radius 3 is 1.62 bits per heavy atom. The van der Waals surface area contributed by atoms with Gasteiger partial charge in [-0.1, -0.05) is 0 Å². The van der Waals surface area contributed by atoms with Crippen molar-refractivity contribution in [3.05, 3.63) is 4.77 Å². The molecule has 44 valence electrons. The summed E-state index contributed by atoms with van der Waals surface area (Å²) in [5.41, 5.74) is 0. The third-order valence-electron chi connectivity index (χ3n) is 0.688. The normalized spacial score (nSPS) is 9.50. The molecule has 0 aromatic carbocycles. The van der Waals surface area contributed by atoms with Crippen molar-refractivity contribution >= 4 is 12.2 Å². The molecule has 0 radical (unpaired) electrons. The first-order chi connectivity index (χ1) is 3.70. The van der Waals surface area contributed by atoms with Crippen molar-refractivity contribution in [1.82, 2.24) is 9.97 Å². The highest BCUT2D eigenvalue weighted by molar-refractivity contribution is 7.71. The van der Waals surface area contributed by atoms with E-state index < -0.39 is 0 Å². The van der Waals surface area contributed by atoms with E-state index in [0.29, 0.717) is 0 Å². The summed E-state index contributed by atoms with van der Waals surface area (Å²) >= 11 is 4.49. The highest BCUT2D eigenvalue weighted by atomic mass is 32.1. The number of nitrogens with one attached hydrogen (secondary N) is 2. The molecular weight excluding hydrogens is 128 g/mol. The molecule has 0 saturated heterocycles. The first-order valence-corrected chi connectivity index (χ1v) is 2.31. The molecule has 0 unspecified atom stereocenters. The number of aromatic nitrogens is 2. The first kappa shape index (κ1) is 5.17. The maximum Gasteiger partial charge on any atom is 0.253 e. The van der Waals surface area contributed by atoms with E-state index in [0.717, 1.165) is 0 Å². The second-order valence-corrected chi connectivity index (χ2v) is 1.68. The number of hydrogen-bond donors (Lipinski definition) is 4. The van der Waals surface area contributed by atoms with Gasteiger partial charge in [-0.15, -0.1) is 0 Å². The average molecular weight is 132 g/mol. The van der Waals surface area contributed by atoms with Gasteiger partial charge in [0, 0.05) is 0 Å². The molecule has 1 rings (SSSR count). The molecule has 0 aliphatic carbocycles. The standard InChI is InChI=1S/C3H4N2O2S/c6-1-2(7)5-3(8)4-1/h6-7H,(H2,4,5,8). The minimum Gasteiger partial charge on any atom is -0.491 e. The number of hydrogen-bond acceptors (Lipinski definition) is 3. The van der Waals surface area contributed by atoms with Gasteiger partial charge < -0.3 is 10.2 Å². The van der Waals surface area contributed by atoms with E-state index in [1.807, 2.05) is 0 Å². The maximum atomic E-state index is 8.54. The van der Waals surface area contributed by atoms with Gasteiger partial charge in [0.05, 0.1) is 0 Å². The highest BCUT2D eigenvalue weighted by Crippen LogP contribution is 2.16. The van der Waals surface area contributed by atoms with Crippen molar-refractivity contribution in [3.8, 4) is 11.8 Å². The quantitative estimate of drug-likeness (QED) is 0.388. The van der Waals surface area contributed by atoms with Crippen LogP contribution in [-0.4, -0.2) is 20.2 Å². The third kappa shape index (κ3) is 0.671. The van der Waals surface area contributed by atoms with Crippen LogP contribution in [0.3, 0.4) is 0 Å². The molecule has 1 aromatic heterocycles. The van der Waals surface area contributed by atoms with Gasteiger partial charge in [-0.25, -0.2) is 0 Å². The molecule has 0 atom stereocenters. The molecule has 0 aliphatic heterocycles. The van der Waals surface area contributed by atoms with Crippen molar-refractivity contribution < 1.29 is 10.2 Å². The van der Waals surface area contributed by atoms with Gasteiger partial charge in [-0.3, -0.25) is 9.97 Å². The van der Waals surface area contributed by atoms with Crippen molar-refractivity contribution in [2.45, 2.75) is 0 Å². The number of aromatic amines is 2. The lowest BCUT2D eigenvalue weighted by molar-refractivity contribution is 0.386. The Labute approximate surface area is 49.8 Å². The van der Waals surface area contributed by atoms with E-state index in [4.69, 9.17) is 10.2 Å². The van der Waals surface area contributed by atoms with Crippen molar-refractivity contribution in [1.29, 1.82) is 0 Å². The summed E-state index contributed by atoms with van der Waals surface area (Å²) in [5.74, 6) is -0.648. The summed E-state index contributed by atoms with van der Waals surface area (Å²) in [6.45, 7) is 0. The van der Waals surface area contributed by atoms with Gasteiger partial charge in [0.2, 0.25) is 0 Å². The summed E-state index contributed by atoms with van der Waals surface area (Å²) in [7, 11) is 0. The monoisotopic (exact) mass is 132 g/mol. The van der Waals surface area contributed by atoms with E-state index in [9.17, 15) is 0 Å². The van der Waals surface area contributed by atoms with Crippen LogP contribution in [0.1, 0.15) is 0 Å². The topological polar surface area (TPSA) is 72.0 Å². The van der Waals surface area contributed by atoms with Crippen LogP contribution in [-0.2, 0) is 0 Å². The molecule has 0 spiro atoms. The van der Waals surface area contributed by atoms with Crippen LogP contribution in [0.2, 0.25) is 0 Å². The SMILES string of the molecule is Oc1[nH]c(=S)[nH]c1O. The zero-order valence-corrected chi connectivity index (χ0v) is 4.62. The lowest BCUT2D eigenvalue weighted by Gasteiger charge is -1.78. The van der Waals surface area contributed by atoms with Gasteiger partial charge in [0.1, 0.15) is 0 Å². The smallest absolute Gasteiger partial charge is 0.253 e. The van der Waals surface area contributed by atoms with Crippen LogP contribution in [0.15, 0.2) is 0 Å². The molecule has 0 aliphatic rings. The molecule has 4 nitrogen and oxygen atoms in total. The Balaban J connectivity index is 3.35. The molecule has 0 fully saturated rings. The first-order valence-electron chi connectivity index (χ1n) is 1.90. The molecule has 0 saturated carbocycles. The van der Waals surface area contributed by atoms with Gasteiger partial charge in [0.25, 0.3) is 11.8 Å². The highest BCUT2D eigenvalue weighted by Gasteiger charge is 1.96. The van der Waals surface area contributed by atoms with Crippen LogP contribution in [0.4, 0.5) is 0 Å². The summed E-state index contributed by atoms with van der Waals surface area (Å²) in [4.78, 5) is 4.54. The molecule has 1 heterocycles. The predicted molar refractivity (Wildman–Crippen MR) is 29.3 cm³/mol. The number of rotatable bonds is 0. The fraction of sp³-hybridized carbons (Fsp3) is 0. The van der Waals surface area contributed by atoms with E-state index in [2.05, 4.69) is 22.2 Å². The minimum absolute atomic E-state index is 0.208. The fourth-order valence-electron chi connectivity index (χ4n) is 0.365. The Morgan fingerprint density at radius 1 is 1.12 bits per heavy atom. The average Bonchev–Trinajstić information content (AvgIpc) is 1.85. The fourth-order valence-corrected chi connectivity index (χ4v) is 0.558. The van der Waals surface area contributed by atoms with Crippen molar-refractivity contribution in [2.24, 2.45) is 0 Å². The second kappa shape index (κ2) is 1.52. The number of aromatic hydroxyl groups is 2. The van der Waals surface area contributed by atoms with E-state index >= 15 is 0 Å². The molecule has 1 aromatic rings. The Bertz CT molecular complexity index is 215. The van der Waals surface area contributed by atoms with E-state index in [-0.39, 0.29) is 16.5 Å². The lowest BCUT2D eigenvalue weighted by Crippen LogP contribution is -1.58. The summed E-state index contributed by atoms with van der Waals surface area (Å²) in [6.07, 6.45) is 0. The molecule has 0 bridgehead atoms. The summed E-state index contributed by atoms with van der Waals surface area (Å²) < 4.78 is 0.208. The number of imidazole rings is 1. The van der Waals surface area contributed by atoms with Gasteiger partial charge in [-0.2, -0.15) is 0 Å². The zero-order valence-electron chi connectivity index (χ0n) is 3.80. The van der Waals surface area contributed by atoms with Gasteiger partial charge in [-0.05, 0) is 12.2 Å². The van der Waals surface area contributed by atoms with Crippen molar-refractivity contribution in [2.75, 3.05) is 0 Å². The van der Waals surface area contributed by atoms with Crippen LogP contribution >= 0.6 is 12.2 Å². The Kier molecular flexibility index (Phi) is 0.980. The predicted octanol–water partition coefficient (Wildman–Crippen LogP) is 0.483.